The zero-order valence-corrected chi connectivity index (χ0v) is 15.4. The van der Waals surface area contributed by atoms with E-state index in [1.807, 2.05) is 30.5 Å². The Balaban J connectivity index is 1.49. The molecule has 0 saturated carbocycles. The molecule has 2 aliphatic rings. The van der Waals surface area contributed by atoms with E-state index in [-0.39, 0.29) is 17.9 Å². The van der Waals surface area contributed by atoms with Crippen LogP contribution in [-0.4, -0.2) is 64.9 Å². The number of piperazine rings is 2. The highest BCUT2D eigenvalue weighted by Gasteiger charge is 2.43. The molecule has 6 nitrogen and oxygen atoms in total. The van der Waals surface area contributed by atoms with Gasteiger partial charge in [0.05, 0.1) is 0 Å². The van der Waals surface area contributed by atoms with Gasteiger partial charge in [-0.15, -0.1) is 0 Å². The monoisotopic (exact) mass is 354 g/mol. The minimum Gasteiger partial charge on any atom is -0.361 e. The number of benzene rings is 1. The molecule has 2 fully saturated rings. The maximum Gasteiger partial charge on any atom is 0.246 e. The molecule has 0 aliphatic carbocycles. The molecule has 2 atom stereocenters. The highest BCUT2D eigenvalue weighted by atomic mass is 16.2. The zero-order valence-electron chi connectivity index (χ0n) is 15.4. The Bertz CT molecular complexity index is 828. The summed E-state index contributed by atoms with van der Waals surface area (Å²) in [4.78, 5) is 33.0. The minimum absolute atomic E-state index is 0.0251. The van der Waals surface area contributed by atoms with Crippen LogP contribution in [0.15, 0.2) is 30.5 Å². The van der Waals surface area contributed by atoms with Gasteiger partial charge < -0.3 is 15.2 Å². The van der Waals surface area contributed by atoms with Crippen molar-refractivity contribution < 1.29 is 9.59 Å². The number of nitrogens with zero attached hydrogens (tertiary/aromatic N) is 2. The standard InChI is InChI=1S/C20H26N4O2/c1-13(2)11-23-7-8-24-18(12-23)19(25)22-17(20(24)26)9-14-10-21-16-6-4-3-5-15(14)16/h3-6,10,13,17-18,21H,7-9,11-12H2,1-2H3,(H,22,25)/t17-,18+/m0/s1. The number of H-pyrrole nitrogens is 1. The predicted octanol–water partition coefficient (Wildman–Crippen LogP) is 1.38. The second-order valence-corrected chi connectivity index (χ2v) is 7.83. The molecule has 26 heavy (non-hydrogen) atoms. The van der Waals surface area contributed by atoms with Gasteiger partial charge in [-0.3, -0.25) is 14.5 Å². The van der Waals surface area contributed by atoms with E-state index in [1.165, 1.54) is 0 Å². The van der Waals surface area contributed by atoms with Gasteiger partial charge in [-0.1, -0.05) is 32.0 Å². The Morgan fingerprint density at radius 3 is 2.81 bits per heavy atom. The second-order valence-electron chi connectivity index (χ2n) is 7.83. The van der Waals surface area contributed by atoms with Gasteiger partial charge in [0.2, 0.25) is 11.8 Å². The lowest BCUT2D eigenvalue weighted by molar-refractivity contribution is -0.153. The fourth-order valence-electron chi connectivity index (χ4n) is 4.20. The first kappa shape index (κ1) is 17.1. The molecular formula is C20H26N4O2. The van der Waals surface area contributed by atoms with E-state index in [0.717, 1.165) is 29.6 Å². The molecule has 1 aromatic carbocycles. The highest BCUT2D eigenvalue weighted by Crippen LogP contribution is 2.23. The van der Waals surface area contributed by atoms with Crippen LogP contribution in [0.4, 0.5) is 0 Å². The molecule has 3 heterocycles. The van der Waals surface area contributed by atoms with Crippen LogP contribution < -0.4 is 5.32 Å². The van der Waals surface area contributed by atoms with Gasteiger partial charge in [-0.05, 0) is 17.5 Å². The second kappa shape index (κ2) is 6.76. The van der Waals surface area contributed by atoms with E-state index in [9.17, 15) is 9.59 Å². The Morgan fingerprint density at radius 1 is 1.19 bits per heavy atom. The summed E-state index contributed by atoms with van der Waals surface area (Å²) in [6.07, 6.45) is 2.46. The van der Waals surface area contributed by atoms with E-state index >= 15 is 0 Å². The van der Waals surface area contributed by atoms with Gasteiger partial charge in [0.15, 0.2) is 0 Å². The van der Waals surface area contributed by atoms with Gasteiger partial charge in [-0.25, -0.2) is 0 Å². The lowest BCUT2D eigenvalue weighted by Gasteiger charge is -2.45. The molecule has 0 unspecified atom stereocenters. The molecule has 4 rings (SSSR count). The lowest BCUT2D eigenvalue weighted by Crippen LogP contribution is -2.69. The molecule has 2 N–H and O–H groups in total. The summed E-state index contributed by atoms with van der Waals surface area (Å²) >= 11 is 0. The zero-order chi connectivity index (χ0) is 18.3. The molecule has 1 aromatic heterocycles. The van der Waals surface area contributed by atoms with Crippen LogP contribution in [0.1, 0.15) is 19.4 Å². The number of carbonyl (C=O) groups excluding carboxylic acids is 2. The summed E-state index contributed by atoms with van der Waals surface area (Å²) in [5.41, 5.74) is 2.12. The van der Waals surface area contributed by atoms with Crippen LogP contribution in [0, 0.1) is 5.92 Å². The van der Waals surface area contributed by atoms with Crippen molar-refractivity contribution in [2.75, 3.05) is 26.2 Å². The number of aromatic amines is 1. The largest absolute Gasteiger partial charge is 0.361 e. The number of carbonyl (C=O) groups is 2. The van der Waals surface area contributed by atoms with E-state index in [2.05, 4.69) is 29.0 Å². The van der Waals surface area contributed by atoms with E-state index in [4.69, 9.17) is 0 Å². The number of nitrogens with one attached hydrogen (secondary N) is 2. The number of aromatic nitrogens is 1. The van der Waals surface area contributed by atoms with Crippen LogP contribution in [0.3, 0.4) is 0 Å². The molecule has 0 spiro atoms. The van der Waals surface area contributed by atoms with Crippen molar-refractivity contribution in [3.8, 4) is 0 Å². The molecule has 2 aliphatic heterocycles. The van der Waals surface area contributed by atoms with Crippen molar-refractivity contribution in [2.24, 2.45) is 5.92 Å². The summed E-state index contributed by atoms with van der Waals surface area (Å²) in [5.74, 6) is 0.575. The third-order valence-electron chi connectivity index (χ3n) is 5.39. The van der Waals surface area contributed by atoms with Crippen molar-refractivity contribution >= 4 is 22.7 Å². The third-order valence-corrected chi connectivity index (χ3v) is 5.39. The molecule has 0 bridgehead atoms. The van der Waals surface area contributed by atoms with Gasteiger partial charge in [0.25, 0.3) is 0 Å². The van der Waals surface area contributed by atoms with Crippen LogP contribution in [0.25, 0.3) is 10.9 Å². The number of rotatable bonds is 4. The molecule has 138 valence electrons. The Labute approximate surface area is 153 Å². The normalized spacial score (nSPS) is 24.2. The molecule has 2 amide bonds. The molecule has 2 saturated heterocycles. The van der Waals surface area contributed by atoms with Gasteiger partial charge in [-0.2, -0.15) is 0 Å². The maximum atomic E-state index is 13.0. The number of para-hydroxylation sites is 1. The SMILES string of the molecule is CC(C)CN1CCN2C(=O)[C@H](Cc3c[nH]c4ccccc34)NC(=O)[C@H]2C1. The average Bonchev–Trinajstić information content (AvgIpc) is 3.02. The molecule has 2 aromatic rings. The van der Waals surface area contributed by atoms with Gasteiger partial charge in [0, 0.05) is 49.7 Å². The predicted molar refractivity (Wildman–Crippen MR) is 101 cm³/mol. The van der Waals surface area contributed by atoms with E-state index < -0.39 is 6.04 Å². The first-order valence-electron chi connectivity index (χ1n) is 9.41. The van der Waals surface area contributed by atoms with Crippen molar-refractivity contribution in [1.82, 2.24) is 20.1 Å². The Morgan fingerprint density at radius 2 is 2.00 bits per heavy atom. The van der Waals surface area contributed by atoms with Crippen molar-refractivity contribution in [1.29, 1.82) is 0 Å². The number of fused-ring (bicyclic) bond motifs is 2. The van der Waals surface area contributed by atoms with Crippen molar-refractivity contribution in [3.05, 3.63) is 36.0 Å². The smallest absolute Gasteiger partial charge is 0.246 e. The summed E-state index contributed by atoms with van der Waals surface area (Å²) in [5, 5.41) is 4.08. The maximum absolute atomic E-state index is 13.0. The van der Waals surface area contributed by atoms with Crippen LogP contribution >= 0.6 is 0 Å². The van der Waals surface area contributed by atoms with Gasteiger partial charge >= 0.3 is 0 Å². The summed E-state index contributed by atoms with van der Waals surface area (Å²) in [6, 6.07) is 7.21. The first-order valence-corrected chi connectivity index (χ1v) is 9.41. The fraction of sp³-hybridized carbons (Fsp3) is 0.500. The summed E-state index contributed by atoms with van der Waals surface area (Å²) < 4.78 is 0. The Hall–Kier alpha value is -2.34. The molecule has 0 radical (unpaired) electrons. The van der Waals surface area contributed by atoms with Crippen molar-refractivity contribution in [3.63, 3.8) is 0 Å². The minimum atomic E-state index is -0.477. The topological polar surface area (TPSA) is 68.4 Å². The summed E-state index contributed by atoms with van der Waals surface area (Å²) in [7, 11) is 0. The van der Waals surface area contributed by atoms with Crippen LogP contribution in [0.2, 0.25) is 0 Å². The molecule has 6 heteroatoms. The van der Waals surface area contributed by atoms with E-state index in [1.54, 1.807) is 4.90 Å². The Kier molecular flexibility index (Phi) is 4.44. The van der Waals surface area contributed by atoms with Crippen LogP contribution in [0.5, 0.6) is 0 Å². The molecular weight excluding hydrogens is 328 g/mol. The fourth-order valence-corrected chi connectivity index (χ4v) is 4.20. The first-order chi connectivity index (χ1) is 12.5. The number of hydrogen-bond acceptors (Lipinski definition) is 3. The van der Waals surface area contributed by atoms with Crippen LogP contribution in [-0.2, 0) is 16.0 Å². The van der Waals surface area contributed by atoms with E-state index in [0.29, 0.717) is 25.4 Å². The number of amides is 2. The summed E-state index contributed by atoms with van der Waals surface area (Å²) in [6.45, 7) is 7.42. The quantitative estimate of drug-likeness (QED) is 0.872. The van der Waals surface area contributed by atoms with Gasteiger partial charge in [0.1, 0.15) is 12.1 Å². The lowest BCUT2D eigenvalue weighted by atomic mass is 9.98. The third kappa shape index (κ3) is 3.09. The number of hydrogen-bond donors (Lipinski definition) is 2. The average molecular weight is 354 g/mol. The van der Waals surface area contributed by atoms with Crippen molar-refractivity contribution in [2.45, 2.75) is 32.4 Å². The highest BCUT2D eigenvalue weighted by molar-refractivity contribution is 5.98.